The second-order valence-electron chi connectivity index (χ2n) is 4.98. The summed E-state index contributed by atoms with van der Waals surface area (Å²) in [5.74, 6) is -0.721. The second-order valence-corrected chi connectivity index (χ2v) is 4.98. The molecule has 5 nitrogen and oxygen atoms in total. The molecule has 1 N–H and O–H groups in total. The molecule has 0 aromatic heterocycles. The fourth-order valence-corrected chi connectivity index (χ4v) is 2.36. The van der Waals surface area contributed by atoms with E-state index in [2.05, 4.69) is 0 Å². The Labute approximate surface area is 109 Å². The summed E-state index contributed by atoms with van der Waals surface area (Å²) in [4.78, 5) is 13.4. The molecule has 1 aliphatic rings. The minimum absolute atomic E-state index is 0.590. The summed E-state index contributed by atoms with van der Waals surface area (Å²) in [5.41, 5.74) is -0.714. The number of hydrogen-bond donors (Lipinski definition) is 1. The quantitative estimate of drug-likeness (QED) is 0.667. The summed E-state index contributed by atoms with van der Waals surface area (Å²) in [6, 6.07) is 0. The molecule has 0 bridgehead atoms. The standard InChI is InChI=1S/C13H25NO4/c1-13(12(15)16)6-3-4-7-14(13)8-11-18-10-5-9-17-2/h3-11H2,1-2H3,(H,15,16). The van der Waals surface area contributed by atoms with Crippen LogP contribution in [0.15, 0.2) is 0 Å². The molecule has 0 spiro atoms. The first kappa shape index (κ1) is 15.4. The van der Waals surface area contributed by atoms with Crippen molar-refractivity contribution in [1.29, 1.82) is 0 Å². The molecule has 0 aliphatic carbocycles. The van der Waals surface area contributed by atoms with Crippen LogP contribution in [0, 0.1) is 0 Å². The van der Waals surface area contributed by atoms with E-state index in [1.165, 1.54) is 0 Å². The first-order valence-corrected chi connectivity index (χ1v) is 6.66. The Morgan fingerprint density at radius 3 is 2.78 bits per heavy atom. The number of ether oxygens (including phenoxy) is 2. The van der Waals surface area contributed by atoms with Gasteiger partial charge in [0.15, 0.2) is 0 Å². The highest BCUT2D eigenvalue weighted by molar-refractivity contribution is 5.78. The van der Waals surface area contributed by atoms with E-state index in [0.717, 1.165) is 32.2 Å². The van der Waals surface area contributed by atoms with Crippen molar-refractivity contribution in [3.63, 3.8) is 0 Å². The molecule has 0 aromatic carbocycles. The monoisotopic (exact) mass is 259 g/mol. The summed E-state index contributed by atoms with van der Waals surface area (Å²) >= 11 is 0. The fraction of sp³-hybridized carbons (Fsp3) is 0.923. The molecule has 18 heavy (non-hydrogen) atoms. The van der Waals surface area contributed by atoms with Gasteiger partial charge in [-0.1, -0.05) is 0 Å². The number of carboxylic acids is 1. The van der Waals surface area contributed by atoms with E-state index in [9.17, 15) is 9.90 Å². The number of methoxy groups -OCH3 is 1. The van der Waals surface area contributed by atoms with Crippen LogP contribution in [0.4, 0.5) is 0 Å². The Kier molecular flexibility index (Phi) is 6.60. The Hall–Kier alpha value is -0.650. The molecule has 0 radical (unpaired) electrons. The summed E-state index contributed by atoms with van der Waals surface area (Å²) in [7, 11) is 1.67. The lowest BCUT2D eigenvalue weighted by Gasteiger charge is -2.41. The van der Waals surface area contributed by atoms with Gasteiger partial charge in [-0.25, -0.2) is 0 Å². The van der Waals surface area contributed by atoms with Crippen molar-refractivity contribution in [3.05, 3.63) is 0 Å². The summed E-state index contributed by atoms with van der Waals surface area (Å²) in [6.45, 7) is 5.33. The van der Waals surface area contributed by atoms with Gasteiger partial charge in [-0.15, -0.1) is 0 Å². The SMILES string of the molecule is COCCCOCCN1CCCCC1(C)C(=O)O. The third-order valence-corrected chi connectivity index (χ3v) is 3.64. The molecule has 1 fully saturated rings. The lowest BCUT2D eigenvalue weighted by Crippen LogP contribution is -2.56. The highest BCUT2D eigenvalue weighted by Gasteiger charge is 2.40. The normalized spacial score (nSPS) is 25.2. The Bertz CT molecular complexity index is 259. The number of aliphatic carboxylic acids is 1. The van der Waals surface area contributed by atoms with Crippen LogP contribution in [0.25, 0.3) is 0 Å². The van der Waals surface area contributed by atoms with Gasteiger partial charge in [0.05, 0.1) is 6.61 Å². The highest BCUT2D eigenvalue weighted by Crippen LogP contribution is 2.27. The average molecular weight is 259 g/mol. The fourth-order valence-electron chi connectivity index (χ4n) is 2.36. The molecule has 1 atom stereocenters. The van der Waals surface area contributed by atoms with Gasteiger partial charge in [0.25, 0.3) is 0 Å². The maximum Gasteiger partial charge on any atom is 0.323 e. The molecule has 1 heterocycles. The Balaban J connectivity index is 2.28. The minimum atomic E-state index is -0.721. The van der Waals surface area contributed by atoms with Crippen LogP contribution in [-0.2, 0) is 14.3 Å². The largest absolute Gasteiger partial charge is 0.480 e. The van der Waals surface area contributed by atoms with E-state index >= 15 is 0 Å². The van der Waals surface area contributed by atoms with Crippen molar-refractivity contribution < 1.29 is 19.4 Å². The third-order valence-electron chi connectivity index (χ3n) is 3.64. The zero-order chi connectivity index (χ0) is 13.4. The van der Waals surface area contributed by atoms with E-state index in [1.807, 2.05) is 11.8 Å². The van der Waals surface area contributed by atoms with Gasteiger partial charge in [-0.05, 0) is 39.2 Å². The van der Waals surface area contributed by atoms with E-state index in [4.69, 9.17) is 9.47 Å². The number of carbonyl (C=O) groups is 1. The first-order chi connectivity index (χ1) is 8.61. The van der Waals surface area contributed by atoms with Crippen molar-refractivity contribution in [2.24, 2.45) is 0 Å². The molecular weight excluding hydrogens is 234 g/mol. The van der Waals surface area contributed by atoms with Gasteiger partial charge in [0.1, 0.15) is 5.54 Å². The lowest BCUT2D eigenvalue weighted by atomic mass is 9.88. The van der Waals surface area contributed by atoms with Gasteiger partial charge >= 0.3 is 5.97 Å². The number of nitrogens with zero attached hydrogens (tertiary/aromatic N) is 1. The Morgan fingerprint density at radius 2 is 2.11 bits per heavy atom. The summed E-state index contributed by atoms with van der Waals surface area (Å²) in [5, 5.41) is 9.34. The van der Waals surface area contributed by atoms with Crippen molar-refractivity contribution >= 4 is 5.97 Å². The third kappa shape index (κ3) is 4.23. The van der Waals surface area contributed by atoms with Crippen molar-refractivity contribution in [1.82, 2.24) is 4.90 Å². The van der Waals surface area contributed by atoms with Crippen LogP contribution in [-0.4, -0.2) is 61.5 Å². The molecule has 1 aliphatic heterocycles. The number of piperidine rings is 1. The number of hydrogen-bond acceptors (Lipinski definition) is 4. The number of likely N-dealkylation sites (tertiary alicyclic amines) is 1. The molecule has 1 saturated heterocycles. The molecular formula is C13H25NO4. The van der Waals surface area contributed by atoms with Crippen LogP contribution in [0.1, 0.15) is 32.6 Å². The molecule has 1 rings (SSSR count). The number of rotatable bonds is 8. The first-order valence-electron chi connectivity index (χ1n) is 6.66. The zero-order valence-electron chi connectivity index (χ0n) is 11.5. The molecule has 106 valence electrons. The second kappa shape index (κ2) is 7.71. The lowest BCUT2D eigenvalue weighted by molar-refractivity contribution is -0.153. The van der Waals surface area contributed by atoms with E-state index in [0.29, 0.717) is 26.4 Å². The van der Waals surface area contributed by atoms with Gasteiger partial charge in [-0.3, -0.25) is 9.69 Å². The van der Waals surface area contributed by atoms with Crippen molar-refractivity contribution in [3.8, 4) is 0 Å². The average Bonchev–Trinajstić information content (AvgIpc) is 2.35. The maximum absolute atomic E-state index is 11.4. The predicted octanol–water partition coefficient (Wildman–Crippen LogP) is 1.37. The maximum atomic E-state index is 11.4. The van der Waals surface area contributed by atoms with Crippen LogP contribution in [0.5, 0.6) is 0 Å². The van der Waals surface area contributed by atoms with Crippen LogP contribution in [0.3, 0.4) is 0 Å². The van der Waals surface area contributed by atoms with Crippen molar-refractivity contribution in [2.75, 3.05) is 40.0 Å². The van der Waals surface area contributed by atoms with Gasteiger partial charge < -0.3 is 14.6 Å². The smallest absolute Gasteiger partial charge is 0.323 e. The van der Waals surface area contributed by atoms with Gasteiger partial charge in [-0.2, -0.15) is 0 Å². The Morgan fingerprint density at radius 1 is 1.33 bits per heavy atom. The van der Waals surface area contributed by atoms with Gasteiger partial charge in [0.2, 0.25) is 0 Å². The highest BCUT2D eigenvalue weighted by atomic mass is 16.5. The van der Waals surface area contributed by atoms with E-state index < -0.39 is 11.5 Å². The van der Waals surface area contributed by atoms with E-state index in [-0.39, 0.29) is 0 Å². The zero-order valence-corrected chi connectivity index (χ0v) is 11.5. The predicted molar refractivity (Wildman–Crippen MR) is 68.8 cm³/mol. The summed E-state index contributed by atoms with van der Waals surface area (Å²) < 4.78 is 10.4. The van der Waals surface area contributed by atoms with E-state index in [1.54, 1.807) is 7.11 Å². The van der Waals surface area contributed by atoms with Crippen molar-refractivity contribution in [2.45, 2.75) is 38.1 Å². The molecule has 5 heteroatoms. The molecule has 0 aromatic rings. The molecule has 1 unspecified atom stereocenters. The summed E-state index contributed by atoms with van der Waals surface area (Å²) in [6.07, 6.45) is 3.68. The van der Waals surface area contributed by atoms with Gasteiger partial charge in [0, 0.05) is 26.9 Å². The van der Waals surface area contributed by atoms with Crippen LogP contribution in [0.2, 0.25) is 0 Å². The topological polar surface area (TPSA) is 59.0 Å². The molecule has 0 amide bonds. The molecule has 0 saturated carbocycles. The minimum Gasteiger partial charge on any atom is -0.480 e. The number of carboxylic acid groups (broad SMARTS) is 1. The van der Waals surface area contributed by atoms with Crippen LogP contribution < -0.4 is 0 Å². The van der Waals surface area contributed by atoms with Crippen LogP contribution >= 0.6 is 0 Å².